The number of rotatable bonds is 8. The number of likely N-dealkylation sites (tertiary alicyclic amines) is 1. The number of hydrogen-bond acceptors (Lipinski definition) is 5. The summed E-state index contributed by atoms with van der Waals surface area (Å²) in [4.78, 5) is 35.0. The summed E-state index contributed by atoms with van der Waals surface area (Å²) in [5.41, 5.74) is 3.06. The van der Waals surface area contributed by atoms with E-state index in [9.17, 15) is 14.4 Å². The van der Waals surface area contributed by atoms with Gasteiger partial charge in [-0.1, -0.05) is 12.1 Å². The Bertz CT molecular complexity index is 791. The first-order chi connectivity index (χ1) is 12.7. The average Bonchev–Trinajstić information content (AvgIpc) is 2.99. The van der Waals surface area contributed by atoms with Gasteiger partial charge in [0.15, 0.2) is 0 Å². The van der Waals surface area contributed by atoms with Gasteiger partial charge < -0.3 is 14.4 Å². The zero-order chi connectivity index (χ0) is 18.5. The van der Waals surface area contributed by atoms with Crippen molar-refractivity contribution in [3.8, 4) is 0 Å². The molecule has 138 valence electrons. The van der Waals surface area contributed by atoms with Gasteiger partial charge in [-0.15, -0.1) is 0 Å². The zero-order valence-corrected chi connectivity index (χ0v) is 15.1. The van der Waals surface area contributed by atoms with Crippen molar-refractivity contribution in [3.63, 3.8) is 0 Å². The van der Waals surface area contributed by atoms with Crippen LogP contribution in [0.1, 0.15) is 48.8 Å². The molecule has 26 heavy (non-hydrogen) atoms. The number of fused-ring (bicyclic) bond motifs is 1. The van der Waals surface area contributed by atoms with Crippen molar-refractivity contribution in [1.29, 1.82) is 0 Å². The fourth-order valence-corrected chi connectivity index (χ4v) is 3.90. The maximum Gasteiger partial charge on any atom is 0.133 e. The van der Waals surface area contributed by atoms with Crippen LogP contribution in [0.25, 0.3) is 10.9 Å². The molecule has 1 fully saturated rings. The molecule has 0 saturated carbocycles. The van der Waals surface area contributed by atoms with E-state index in [1.54, 1.807) is 0 Å². The Morgan fingerprint density at radius 2 is 1.96 bits per heavy atom. The van der Waals surface area contributed by atoms with E-state index in [4.69, 9.17) is 0 Å². The number of carbonyl (C=O) groups excluding carboxylic acids is 3. The molecule has 6 heteroatoms. The minimum absolute atomic E-state index is 0.346. The third-order valence-electron chi connectivity index (χ3n) is 5.41. The lowest BCUT2D eigenvalue weighted by atomic mass is 9.88. The van der Waals surface area contributed by atoms with Crippen LogP contribution >= 0.6 is 0 Å². The highest BCUT2D eigenvalue weighted by Crippen LogP contribution is 2.32. The summed E-state index contributed by atoms with van der Waals surface area (Å²) in [5, 5.41) is 5.54. The van der Waals surface area contributed by atoms with Gasteiger partial charge in [0.05, 0.1) is 23.7 Å². The maximum absolute atomic E-state index is 11.5. The Morgan fingerprint density at radius 1 is 1.19 bits per heavy atom. The first-order valence-electron chi connectivity index (χ1n) is 9.19. The smallest absolute Gasteiger partial charge is 0.133 e. The van der Waals surface area contributed by atoms with E-state index in [-0.39, 0.29) is 5.92 Å². The summed E-state index contributed by atoms with van der Waals surface area (Å²) in [5.74, 6) is 0.138. The van der Waals surface area contributed by atoms with E-state index in [1.165, 1.54) is 5.56 Å². The lowest BCUT2D eigenvalue weighted by Crippen LogP contribution is -2.34. The van der Waals surface area contributed by atoms with Crippen LogP contribution in [0, 0.1) is 0 Å². The quantitative estimate of drug-likeness (QED) is 0.679. The van der Waals surface area contributed by atoms with Crippen LogP contribution < -0.4 is 0 Å². The van der Waals surface area contributed by atoms with Gasteiger partial charge in [0.25, 0.3) is 0 Å². The van der Waals surface area contributed by atoms with E-state index in [0.29, 0.717) is 25.3 Å². The van der Waals surface area contributed by atoms with E-state index in [0.717, 1.165) is 61.4 Å². The fourth-order valence-electron chi connectivity index (χ4n) is 3.90. The molecule has 0 amide bonds. The maximum atomic E-state index is 11.5. The molecule has 1 atom stereocenters. The van der Waals surface area contributed by atoms with Gasteiger partial charge in [-0.25, -0.2) is 0 Å². The van der Waals surface area contributed by atoms with Crippen LogP contribution in [-0.4, -0.2) is 53.2 Å². The third kappa shape index (κ3) is 3.75. The largest absolute Gasteiger partial charge is 0.303 e. The Hall–Kier alpha value is -2.34. The molecule has 1 saturated heterocycles. The van der Waals surface area contributed by atoms with Crippen molar-refractivity contribution < 1.29 is 14.4 Å². The summed E-state index contributed by atoms with van der Waals surface area (Å²) in [7, 11) is 1.89. The lowest BCUT2D eigenvalue weighted by molar-refractivity contribution is -0.110. The number of hydrogen-bond donors (Lipinski definition) is 0. The van der Waals surface area contributed by atoms with Crippen LogP contribution in [0.3, 0.4) is 0 Å². The predicted octanol–water partition coefficient (Wildman–Crippen LogP) is 2.21. The Labute approximate surface area is 153 Å². The summed E-state index contributed by atoms with van der Waals surface area (Å²) >= 11 is 0. The minimum atomic E-state index is -0.346. The third-order valence-corrected chi connectivity index (χ3v) is 5.41. The minimum Gasteiger partial charge on any atom is -0.303 e. The monoisotopic (exact) mass is 355 g/mol. The number of benzene rings is 1. The van der Waals surface area contributed by atoms with Gasteiger partial charge in [-0.2, -0.15) is 5.10 Å². The zero-order valence-electron chi connectivity index (χ0n) is 15.1. The van der Waals surface area contributed by atoms with Crippen molar-refractivity contribution in [2.24, 2.45) is 7.05 Å². The number of piperidine rings is 1. The molecule has 1 unspecified atom stereocenters. The first kappa shape index (κ1) is 18.5. The van der Waals surface area contributed by atoms with Gasteiger partial charge in [0, 0.05) is 18.9 Å². The summed E-state index contributed by atoms with van der Waals surface area (Å²) < 4.78 is 1.83. The second kappa shape index (κ2) is 8.36. The van der Waals surface area contributed by atoms with Gasteiger partial charge in [-0.05, 0) is 49.9 Å². The van der Waals surface area contributed by atoms with Crippen molar-refractivity contribution in [2.75, 3.05) is 19.6 Å². The normalized spacial score (nSPS) is 17.3. The topological polar surface area (TPSA) is 72.3 Å². The number of aryl methyl sites for hydroxylation is 1. The highest BCUT2D eigenvalue weighted by Gasteiger charge is 2.23. The van der Waals surface area contributed by atoms with E-state index in [2.05, 4.69) is 28.2 Å². The lowest BCUT2D eigenvalue weighted by Gasteiger charge is -2.30. The number of aromatic nitrogens is 2. The molecule has 2 aromatic rings. The van der Waals surface area contributed by atoms with E-state index < -0.39 is 0 Å². The first-order valence-corrected chi connectivity index (χ1v) is 9.19. The number of nitrogens with zero attached hydrogens (tertiary/aromatic N) is 3. The molecule has 1 aromatic carbocycles. The van der Waals surface area contributed by atoms with Crippen LogP contribution in [0.4, 0.5) is 0 Å². The van der Waals surface area contributed by atoms with Crippen LogP contribution in [0.5, 0.6) is 0 Å². The SMILES string of the molecule is Cn1nc(C(C=O)CCC=O)c2ccc(C3CCN(CC=O)CC3)cc21. The molecule has 3 rings (SSSR count). The summed E-state index contributed by atoms with van der Waals surface area (Å²) in [6.45, 7) is 2.40. The molecule has 6 nitrogen and oxygen atoms in total. The standard InChI is InChI=1S/C20H25N3O3/c1-22-19-13-16(15-6-8-23(9-7-15)10-12-25)4-5-18(19)20(21-22)17(14-26)3-2-11-24/h4-5,11-15,17H,2-3,6-10H2,1H3. The molecule has 0 bridgehead atoms. The summed E-state index contributed by atoms with van der Waals surface area (Å²) in [6.07, 6.45) is 5.64. The molecule has 1 aromatic heterocycles. The van der Waals surface area contributed by atoms with Gasteiger partial charge in [-0.3, -0.25) is 9.58 Å². The van der Waals surface area contributed by atoms with Crippen molar-refractivity contribution >= 4 is 29.8 Å². The van der Waals surface area contributed by atoms with Crippen molar-refractivity contribution in [3.05, 3.63) is 29.5 Å². The van der Waals surface area contributed by atoms with Crippen LogP contribution in [0.2, 0.25) is 0 Å². The molecule has 0 spiro atoms. The van der Waals surface area contributed by atoms with Crippen molar-refractivity contribution in [1.82, 2.24) is 14.7 Å². The van der Waals surface area contributed by atoms with Gasteiger partial charge in [0.1, 0.15) is 18.9 Å². The molecule has 1 aliphatic heterocycles. The van der Waals surface area contributed by atoms with E-state index >= 15 is 0 Å². The van der Waals surface area contributed by atoms with Crippen molar-refractivity contribution in [2.45, 2.75) is 37.5 Å². The molecule has 0 radical (unpaired) electrons. The highest BCUT2D eigenvalue weighted by molar-refractivity contribution is 5.86. The molecule has 1 aliphatic rings. The molecule has 0 N–H and O–H groups in total. The Morgan fingerprint density at radius 3 is 2.62 bits per heavy atom. The van der Waals surface area contributed by atoms with Crippen LogP contribution in [-0.2, 0) is 21.4 Å². The molecular weight excluding hydrogens is 330 g/mol. The van der Waals surface area contributed by atoms with Gasteiger partial charge in [0.2, 0.25) is 0 Å². The highest BCUT2D eigenvalue weighted by atomic mass is 16.1. The summed E-state index contributed by atoms with van der Waals surface area (Å²) in [6, 6.07) is 6.37. The Balaban J connectivity index is 1.83. The molecule has 0 aliphatic carbocycles. The van der Waals surface area contributed by atoms with Crippen LogP contribution in [0.15, 0.2) is 18.2 Å². The molecule has 2 heterocycles. The van der Waals surface area contributed by atoms with E-state index in [1.807, 2.05) is 11.7 Å². The average molecular weight is 355 g/mol. The fraction of sp³-hybridized carbons (Fsp3) is 0.500. The van der Waals surface area contributed by atoms with Gasteiger partial charge >= 0.3 is 0 Å². The second-order valence-corrected chi connectivity index (χ2v) is 7.01. The molecular formula is C20H25N3O3. The number of carbonyl (C=O) groups is 3. The second-order valence-electron chi connectivity index (χ2n) is 7.01. The Kier molecular flexibility index (Phi) is 5.93. The number of aldehydes is 3. The predicted molar refractivity (Wildman–Crippen MR) is 99.3 cm³/mol.